The zero-order chi connectivity index (χ0) is 20.3. The molecule has 0 aliphatic carbocycles. The van der Waals surface area contributed by atoms with E-state index in [4.69, 9.17) is 4.52 Å². The maximum atomic E-state index is 12.3. The van der Waals surface area contributed by atoms with E-state index in [1.807, 2.05) is 0 Å². The molecule has 1 N–H and O–H groups in total. The molecule has 1 amide bonds. The lowest BCUT2D eigenvalue weighted by Gasteiger charge is -2.01. The topological polar surface area (TPSA) is 115 Å². The van der Waals surface area contributed by atoms with Gasteiger partial charge in [-0.1, -0.05) is 37.3 Å². The fourth-order valence-corrected chi connectivity index (χ4v) is 4.24. The predicted octanol–water partition coefficient (Wildman–Crippen LogP) is 3.44. The third-order valence-electron chi connectivity index (χ3n) is 3.89. The van der Waals surface area contributed by atoms with Crippen molar-refractivity contribution in [1.82, 2.24) is 15.4 Å². The van der Waals surface area contributed by atoms with Gasteiger partial charge < -0.3 is 4.52 Å². The molecule has 10 heteroatoms. The van der Waals surface area contributed by atoms with Gasteiger partial charge >= 0.3 is 0 Å². The Kier molecular flexibility index (Phi) is 5.90. The van der Waals surface area contributed by atoms with E-state index >= 15 is 0 Å². The van der Waals surface area contributed by atoms with Crippen LogP contribution in [0.25, 0.3) is 11.3 Å². The van der Waals surface area contributed by atoms with Crippen LogP contribution >= 0.6 is 11.3 Å². The summed E-state index contributed by atoms with van der Waals surface area (Å²) in [6.07, 6.45) is 0.797. The van der Waals surface area contributed by atoms with Gasteiger partial charge in [0.15, 0.2) is 21.3 Å². The molecular weight excluding hydrogens is 400 g/mol. The molecule has 0 spiro atoms. The van der Waals surface area contributed by atoms with E-state index in [1.165, 1.54) is 29.5 Å². The molecule has 3 rings (SSSR count). The highest BCUT2D eigenvalue weighted by atomic mass is 32.2. The summed E-state index contributed by atoms with van der Waals surface area (Å²) in [7, 11) is -3.27. The van der Waals surface area contributed by atoms with Crippen molar-refractivity contribution in [3.05, 3.63) is 41.0 Å². The maximum absolute atomic E-state index is 12.3. The molecule has 0 aliphatic rings. The quantitative estimate of drug-likeness (QED) is 0.622. The van der Waals surface area contributed by atoms with E-state index in [2.05, 4.69) is 34.5 Å². The van der Waals surface area contributed by atoms with Crippen LogP contribution in [0, 0.1) is 5.92 Å². The molecular formula is C18H20N4O4S2. The molecule has 3 aromatic rings. The van der Waals surface area contributed by atoms with Gasteiger partial charge in [0.05, 0.1) is 10.6 Å². The molecule has 0 saturated heterocycles. The monoisotopic (exact) mass is 420 g/mol. The first-order chi connectivity index (χ1) is 13.3. The SMILES string of the molecule is CCS(=O)(=O)c1ccc(-c2cc(C(=O)Nc3nnc(CC(C)C)s3)no2)cc1. The van der Waals surface area contributed by atoms with Crippen molar-refractivity contribution < 1.29 is 17.7 Å². The summed E-state index contributed by atoms with van der Waals surface area (Å²) in [6, 6.07) is 7.75. The predicted molar refractivity (Wildman–Crippen MR) is 106 cm³/mol. The molecule has 0 fully saturated rings. The Labute approximate surface area is 166 Å². The van der Waals surface area contributed by atoms with Gasteiger partial charge in [-0.2, -0.15) is 0 Å². The maximum Gasteiger partial charge on any atom is 0.279 e. The van der Waals surface area contributed by atoms with Crippen LogP contribution in [0.15, 0.2) is 39.8 Å². The van der Waals surface area contributed by atoms with Crippen LogP contribution in [0.5, 0.6) is 0 Å². The van der Waals surface area contributed by atoms with Gasteiger partial charge in [0.1, 0.15) is 5.01 Å². The first kappa shape index (κ1) is 20.2. The van der Waals surface area contributed by atoms with Crippen LogP contribution in [0.2, 0.25) is 0 Å². The van der Waals surface area contributed by atoms with Gasteiger partial charge in [-0.3, -0.25) is 10.1 Å². The van der Waals surface area contributed by atoms with Crippen molar-refractivity contribution in [2.75, 3.05) is 11.1 Å². The summed E-state index contributed by atoms with van der Waals surface area (Å²) >= 11 is 1.32. The molecule has 1 aromatic carbocycles. The highest BCUT2D eigenvalue weighted by Crippen LogP contribution is 2.24. The van der Waals surface area contributed by atoms with Crippen molar-refractivity contribution in [3.63, 3.8) is 0 Å². The number of nitrogens with zero attached hydrogens (tertiary/aromatic N) is 3. The van der Waals surface area contributed by atoms with Gasteiger partial charge in [-0.05, 0) is 30.2 Å². The first-order valence-electron chi connectivity index (χ1n) is 8.72. The second-order valence-corrected chi connectivity index (χ2v) is 9.90. The minimum absolute atomic E-state index is 0.0312. The van der Waals surface area contributed by atoms with Gasteiger partial charge in [-0.15, -0.1) is 10.2 Å². The number of carbonyl (C=O) groups excluding carboxylic acids is 1. The molecule has 0 aliphatic heterocycles. The van der Waals surface area contributed by atoms with Crippen molar-refractivity contribution in [2.45, 2.75) is 32.1 Å². The van der Waals surface area contributed by atoms with Gasteiger partial charge in [-0.25, -0.2) is 8.42 Å². The Morgan fingerprint density at radius 3 is 2.57 bits per heavy atom. The second kappa shape index (κ2) is 8.19. The number of carbonyl (C=O) groups is 1. The molecule has 0 radical (unpaired) electrons. The summed E-state index contributed by atoms with van der Waals surface area (Å²) in [5, 5.41) is 15.7. The minimum atomic E-state index is -3.27. The Hall–Kier alpha value is -2.59. The van der Waals surface area contributed by atoms with Gasteiger partial charge in [0, 0.05) is 18.1 Å². The smallest absolute Gasteiger partial charge is 0.279 e. The lowest BCUT2D eigenvalue weighted by molar-refractivity contribution is 0.101. The number of rotatable bonds is 7. The van der Waals surface area contributed by atoms with Crippen molar-refractivity contribution in [2.24, 2.45) is 5.92 Å². The van der Waals surface area contributed by atoms with E-state index in [-0.39, 0.29) is 16.3 Å². The normalized spacial score (nSPS) is 11.7. The molecule has 8 nitrogen and oxygen atoms in total. The Morgan fingerprint density at radius 1 is 1.21 bits per heavy atom. The first-order valence-corrected chi connectivity index (χ1v) is 11.2. The fraction of sp³-hybridized carbons (Fsp3) is 0.333. The van der Waals surface area contributed by atoms with E-state index in [0.29, 0.717) is 22.4 Å². The zero-order valence-electron chi connectivity index (χ0n) is 15.7. The largest absolute Gasteiger partial charge is 0.355 e. The standard InChI is InChI=1S/C18H20N4O4S2/c1-4-28(24,25)13-7-5-12(6-8-13)15-10-14(22-26-15)17(23)19-18-21-20-16(27-18)9-11(2)3/h5-8,10-11H,4,9H2,1-3H3,(H,19,21,23). The summed E-state index contributed by atoms with van der Waals surface area (Å²) in [4.78, 5) is 12.6. The molecule has 148 valence electrons. The average molecular weight is 421 g/mol. The number of sulfone groups is 1. The molecule has 2 heterocycles. The van der Waals surface area contributed by atoms with Crippen LogP contribution in [-0.4, -0.2) is 35.4 Å². The van der Waals surface area contributed by atoms with Crippen LogP contribution in [0.3, 0.4) is 0 Å². The van der Waals surface area contributed by atoms with Crippen LogP contribution in [0.4, 0.5) is 5.13 Å². The van der Waals surface area contributed by atoms with Crippen LogP contribution in [-0.2, 0) is 16.3 Å². The zero-order valence-corrected chi connectivity index (χ0v) is 17.3. The number of hydrogen-bond donors (Lipinski definition) is 1. The molecule has 0 atom stereocenters. The molecule has 0 saturated carbocycles. The number of amides is 1. The van der Waals surface area contributed by atoms with E-state index in [9.17, 15) is 13.2 Å². The van der Waals surface area contributed by atoms with E-state index < -0.39 is 15.7 Å². The van der Waals surface area contributed by atoms with E-state index in [0.717, 1.165) is 11.4 Å². The third-order valence-corrected chi connectivity index (χ3v) is 6.50. The summed E-state index contributed by atoms with van der Waals surface area (Å²) in [5.41, 5.74) is 0.720. The Morgan fingerprint density at radius 2 is 1.93 bits per heavy atom. The molecule has 28 heavy (non-hydrogen) atoms. The number of anilines is 1. The summed E-state index contributed by atoms with van der Waals surface area (Å²) in [6.45, 7) is 5.76. The van der Waals surface area contributed by atoms with Crippen molar-refractivity contribution in [1.29, 1.82) is 0 Å². The minimum Gasteiger partial charge on any atom is -0.355 e. The molecule has 0 unspecified atom stereocenters. The highest BCUT2D eigenvalue weighted by Gasteiger charge is 2.17. The average Bonchev–Trinajstić information content (AvgIpc) is 3.31. The molecule has 2 aromatic heterocycles. The summed E-state index contributed by atoms with van der Waals surface area (Å²) < 4.78 is 29.0. The Balaban J connectivity index is 1.71. The van der Waals surface area contributed by atoms with Crippen LogP contribution in [0.1, 0.15) is 36.3 Å². The van der Waals surface area contributed by atoms with E-state index in [1.54, 1.807) is 19.1 Å². The van der Waals surface area contributed by atoms with Crippen LogP contribution < -0.4 is 5.32 Å². The van der Waals surface area contributed by atoms with Crippen molar-refractivity contribution in [3.8, 4) is 11.3 Å². The van der Waals surface area contributed by atoms with Gasteiger partial charge in [0.2, 0.25) is 5.13 Å². The van der Waals surface area contributed by atoms with Gasteiger partial charge in [0.25, 0.3) is 5.91 Å². The van der Waals surface area contributed by atoms with Crippen molar-refractivity contribution >= 4 is 32.2 Å². The Bertz CT molecular complexity index is 1070. The lowest BCUT2D eigenvalue weighted by Crippen LogP contribution is -2.11. The number of benzene rings is 1. The fourth-order valence-electron chi connectivity index (χ4n) is 2.41. The number of hydrogen-bond acceptors (Lipinski definition) is 8. The number of aromatic nitrogens is 3. The third kappa shape index (κ3) is 4.63. The highest BCUT2D eigenvalue weighted by molar-refractivity contribution is 7.91. The lowest BCUT2D eigenvalue weighted by atomic mass is 10.1. The second-order valence-electron chi connectivity index (χ2n) is 6.56. The number of nitrogens with one attached hydrogen (secondary N) is 1. The summed E-state index contributed by atoms with van der Waals surface area (Å²) in [5.74, 6) is 0.396. The molecule has 0 bridgehead atoms.